The molecule has 0 spiro atoms. The maximum Gasteiger partial charge on any atom is 0.0181 e. The molecule has 31 heavy (non-hydrogen) atoms. The molecule has 5 aromatic carbocycles. The Balaban J connectivity index is 1.77. The summed E-state index contributed by atoms with van der Waals surface area (Å²) in [6.07, 6.45) is 0. The quantitative estimate of drug-likeness (QED) is 0.250. The largest absolute Gasteiger partial charge is 0.0622 e. The summed E-state index contributed by atoms with van der Waals surface area (Å²) in [4.78, 5) is 0. The summed E-state index contributed by atoms with van der Waals surface area (Å²) in [6.45, 7) is 4.37. The van der Waals surface area contributed by atoms with Gasteiger partial charge in [0.2, 0.25) is 0 Å². The van der Waals surface area contributed by atoms with Crippen LogP contribution in [-0.4, -0.2) is 0 Å². The molecule has 5 aromatic rings. The summed E-state index contributed by atoms with van der Waals surface area (Å²) < 4.78 is 1.11. The topological polar surface area (TPSA) is 0 Å². The molecule has 0 aliphatic rings. The summed E-state index contributed by atoms with van der Waals surface area (Å²) >= 11 is 3.65. The Bertz CT molecular complexity index is 1400. The van der Waals surface area contributed by atoms with Crippen LogP contribution in [0.2, 0.25) is 0 Å². The Kier molecular flexibility index (Phi) is 5.21. The molecule has 0 radical (unpaired) electrons. The lowest BCUT2D eigenvalue weighted by atomic mass is 9.88. The Morgan fingerprint density at radius 1 is 0.452 bits per heavy atom. The third-order valence-electron chi connectivity index (χ3n) is 6.01. The van der Waals surface area contributed by atoms with Crippen molar-refractivity contribution in [3.63, 3.8) is 0 Å². The minimum absolute atomic E-state index is 1.11. The van der Waals surface area contributed by atoms with E-state index in [4.69, 9.17) is 0 Å². The zero-order valence-corrected chi connectivity index (χ0v) is 19.3. The highest BCUT2D eigenvalue weighted by Gasteiger charge is 2.13. The van der Waals surface area contributed by atoms with Gasteiger partial charge in [-0.05, 0) is 99.5 Å². The Morgan fingerprint density at radius 2 is 1.00 bits per heavy atom. The Morgan fingerprint density at radius 3 is 1.68 bits per heavy atom. The van der Waals surface area contributed by atoms with E-state index < -0.39 is 0 Å². The molecule has 0 saturated carbocycles. The second kappa shape index (κ2) is 8.17. The number of aryl methyl sites for hydroxylation is 2. The summed E-state index contributed by atoms with van der Waals surface area (Å²) in [7, 11) is 0. The molecule has 0 bridgehead atoms. The molecule has 0 saturated heterocycles. The van der Waals surface area contributed by atoms with Crippen LogP contribution < -0.4 is 0 Å². The van der Waals surface area contributed by atoms with Crippen LogP contribution in [0.15, 0.2) is 108 Å². The smallest absolute Gasteiger partial charge is 0.0181 e. The monoisotopic (exact) mass is 462 g/mol. The number of fused-ring (bicyclic) bond motifs is 1. The molecule has 0 atom stereocenters. The molecule has 150 valence electrons. The Labute approximate surface area is 192 Å². The van der Waals surface area contributed by atoms with E-state index >= 15 is 0 Å². The lowest BCUT2D eigenvalue weighted by Gasteiger charge is -2.16. The molecule has 0 heterocycles. The maximum absolute atomic E-state index is 3.65. The first-order valence-corrected chi connectivity index (χ1v) is 11.4. The summed E-state index contributed by atoms with van der Waals surface area (Å²) in [6, 6.07) is 37.3. The van der Waals surface area contributed by atoms with Crippen LogP contribution >= 0.6 is 15.9 Å². The second-order valence-electron chi connectivity index (χ2n) is 8.10. The van der Waals surface area contributed by atoms with Gasteiger partial charge in [0.1, 0.15) is 0 Å². The molecule has 0 aliphatic carbocycles. The second-order valence-corrected chi connectivity index (χ2v) is 9.02. The highest BCUT2D eigenvalue weighted by Crippen LogP contribution is 2.39. The zero-order valence-electron chi connectivity index (χ0n) is 17.7. The molecule has 0 nitrogen and oxygen atoms in total. The van der Waals surface area contributed by atoms with Crippen LogP contribution in [0.25, 0.3) is 44.2 Å². The standard InChI is InChI=1S/C30H23Br/c1-20-12-14-25(18-27(20)28-19-26(31)15-13-21(28)2)30-17-24-11-7-6-10-23(24)16-29(30)22-8-4-3-5-9-22/h3-19H,1-2H3. The average molecular weight is 463 g/mol. The van der Waals surface area contributed by atoms with Gasteiger partial charge in [0.15, 0.2) is 0 Å². The van der Waals surface area contributed by atoms with Gasteiger partial charge >= 0.3 is 0 Å². The predicted octanol–water partition coefficient (Wildman–Crippen LogP) is 9.22. The van der Waals surface area contributed by atoms with Gasteiger partial charge in [0, 0.05) is 4.47 Å². The van der Waals surface area contributed by atoms with E-state index in [1.807, 2.05) is 0 Å². The maximum atomic E-state index is 3.65. The number of halogens is 1. The van der Waals surface area contributed by atoms with Crippen molar-refractivity contribution in [2.45, 2.75) is 13.8 Å². The first-order valence-electron chi connectivity index (χ1n) is 10.6. The highest BCUT2D eigenvalue weighted by atomic mass is 79.9. The summed E-state index contributed by atoms with van der Waals surface area (Å²) in [5, 5.41) is 2.53. The van der Waals surface area contributed by atoms with Gasteiger partial charge in [-0.2, -0.15) is 0 Å². The molecular weight excluding hydrogens is 440 g/mol. The van der Waals surface area contributed by atoms with Gasteiger partial charge in [0.05, 0.1) is 0 Å². The number of hydrogen-bond acceptors (Lipinski definition) is 0. The van der Waals surface area contributed by atoms with Crippen LogP contribution in [0.3, 0.4) is 0 Å². The molecule has 0 amide bonds. The molecule has 0 aromatic heterocycles. The van der Waals surface area contributed by atoms with E-state index in [0.717, 1.165) is 4.47 Å². The van der Waals surface area contributed by atoms with E-state index in [2.05, 4.69) is 133 Å². The number of rotatable bonds is 3. The van der Waals surface area contributed by atoms with Gasteiger partial charge in [-0.1, -0.05) is 88.7 Å². The van der Waals surface area contributed by atoms with Crippen LogP contribution in [0.5, 0.6) is 0 Å². The summed E-state index contributed by atoms with van der Waals surface area (Å²) in [5.41, 5.74) is 10.1. The number of benzene rings is 5. The molecule has 1 heteroatoms. The predicted molar refractivity (Wildman–Crippen MR) is 137 cm³/mol. The fraction of sp³-hybridized carbons (Fsp3) is 0.0667. The van der Waals surface area contributed by atoms with Crippen molar-refractivity contribution in [2.24, 2.45) is 0 Å². The van der Waals surface area contributed by atoms with Crippen LogP contribution in [0.4, 0.5) is 0 Å². The molecular formula is C30H23Br. The number of hydrogen-bond donors (Lipinski definition) is 0. The van der Waals surface area contributed by atoms with Crippen molar-refractivity contribution in [1.29, 1.82) is 0 Å². The summed E-state index contributed by atoms with van der Waals surface area (Å²) in [5.74, 6) is 0. The van der Waals surface area contributed by atoms with Gasteiger partial charge in [-0.15, -0.1) is 0 Å². The molecule has 0 unspecified atom stereocenters. The first kappa shape index (κ1) is 19.8. The Hall–Kier alpha value is -3.16. The zero-order chi connectivity index (χ0) is 21.4. The van der Waals surface area contributed by atoms with E-state index in [1.165, 1.54) is 55.3 Å². The van der Waals surface area contributed by atoms with Gasteiger partial charge in [-0.3, -0.25) is 0 Å². The van der Waals surface area contributed by atoms with E-state index in [9.17, 15) is 0 Å². The minimum atomic E-state index is 1.11. The van der Waals surface area contributed by atoms with Crippen LogP contribution in [-0.2, 0) is 0 Å². The van der Waals surface area contributed by atoms with Crippen molar-refractivity contribution in [3.05, 3.63) is 119 Å². The first-order chi connectivity index (χ1) is 15.1. The third-order valence-corrected chi connectivity index (χ3v) is 6.50. The minimum Gasteiger partial charge on any atom is -0.0622 e. The molecule has 0 fully saturated rings. The van der Waals surface area contributed by atoms with E-state index in [0.29, 0.717) is 0 Å². The highest BCUT2D eigenvalue weighted by molar-refractivity contribution is 9.10. The van der Waals surface area contributed by atoms with Crippen molar-refractivity contribution in [2.75, 3.05) is 0 Å². The lowest BCUT2D eigenvalue weighted by Crippen LogP contribution is -1.91. The lowest BCUT2D eigenvalue weighted by molar-refractivity contribution is 1.40. The van der Waals surface area contributed by atoms with Crippen molar-refractivity contribution >= 4 is 26.7 Å². The van der Waals surface area contributed by atoms with Crippen LogP contribution in [0, 0.1) is 13.8 Å². The van der Waals surface area contributed by atoms with E-state index in [1.54, 1.807) is 0 Å². The van der Waals surface area contributed by atoms with Gasteiger partial charge in [0.25, 0.3) is 0 Å². The molecule has 5 rings (SSSR count). The molecule has 0 N–H and O–H groups in total. The fourth-order valence-corrected chi connectivity index (χ4v) is 4.66. The van der Waals surface area contributed by atoms with Crippen molar-refractivity contribution < 1.29 is 0 Å². The van der Waals surface area contributed by atoms with E-state index in [-0.39, 0.29) is 0 Å². The SMILES string of the molecule is Cc1ccc(Br)cc1-c1cc(-c2cc3ccccc3cc2-c2ccccc2)ccc1C. The molecule has 0 aliphatic heterocycles. The normalized spacial score (nSPS) is 11.1. The fourth-order valence-electron chi connectivity index (χ4n) is 4.30. The van der Waals surface area contributed by atoms with Gasteiger partial charge < -0.3 is 0 Å². The van der Waals surface area contributed by atoms with Gasteiger partial charge in [-0.25, -0.2) is 0 Å². The third kappa shape index (κ3) is 3.82. The average Bonchev–Trinajstić information content (AvgIpc) is 2.81. The van der Waals surface area contributed by atoms with Crippen molar-refractivity contribution in [1.82, 2.24) is 0 Å². The van der Waals surface area contributed by atoms with Crippen LogP contribution in [0.1, 0.15) is 11.1 Å². The van der Waals surface area contributed by atoms with Crippen molar-refractivity contribution in [3.8, 4) is 33.4 Å².